The van der Waals surface area contributed by atoms with Crippen LogP contribution < -0.4 is 0 Å². The van der Waals surface area contributed by atoms with E-state index in [4.69, 9.17) is 16.3 Å². The van der Waals surface area contributed by atoms with Crippen LogP contribution in [0, 0.1) is 0 Å². The molecule has 2 rings (SSSR count). The third-order valence-corrected chi connectivity index (χ3v) is 3.14. The molecule has 0 amide bonds. The summed E-state index contributed by atoms with van der Waals surface area (Å²) in [6.45, 7) is 5.66. The minimum Gasteiger partial charge on any atom is -0.389 e. The molecular weight excluding hydrogens is 242 g/mol. The number of aliphatic hydroxyl groups excluding tert-OH is 1. The topological polar surface area (TPSA) is 50.5 Å². The maximum absolute atomic E-state index is 9.78. The molecule has 0 bridgehead atoms. The summed E-state index contributed by atoms with van der Waals surface area (Å²) in [7, 11) is 0. The van der Waals surface area contributed by atoms with E-state index >= 15 is 0 Å². The number of ether oxygens (including phenoxy) is 1. The Labute approximate surface area is 106 Å². The van der Waals surface area contributed by atoms with Crippen molar-refractivity contribution in [2.75, 3.05) is 26.2 Å². The van der Waals surface area contributed by atoms with Gasteiger partial charge in [0.05, 0.1) is 30.0 Å². The SMILES string of the molecule is CCO[C@@H]1CN(CCn2cc(Cl)cn2)C[C@H]1O. The normalized spacial score (nSPS) is 25.6. The Morgan fingerprint density at radius 2 is 2.35 bits per heavy atom. The van der Waals surface area contributed by atoms with Crippen molar-refractivity contribution in [2.45, 2.75) is 25.7 Å². The lowest BCUT2D eigenvalue weighted by atomic mass is 10.3. The molecule has 1 N–H and O–H groups in total. The van der Waals surface area contributed by atoms with Gasteiger partial charge >= 0.3 is 0 Å². The maximum atomic E-state index is 9.78. The van der Waals surface area contributed by atoms with Gasteiger partial charge in [-0.25, -0.2) is 0 Å². The van der Waals surface area contributed by atoms with Crippen LogP contribution in [0.5, 0.6) is 0 Å². The zero-order valence-corrected chi connectivity index (χ0v) is 10.7. The first kappa shape index (κ1) is 12.8. The zero-order valence-electron chi connectivity index (χ0n) is 9.92. The Morgan fingerprint density at radius 1 is 1.53 bits per heavy atom. The van der Waals surface area contributed by atoms with Crippen molar-refractivity contribution in [3.8, 4) is 0 Å². The van der Waals surface area contributed by atoms with E-state index in [9.17, 15) is 5.11 Å². The number of hydrogen-bond donors (Lipinski definition) is 1. The van der Waals surface area contributed by atoms with Crippen LogP contribution in [0.4, 0.5) is 0 Å². The van der Waals surface area contributed by atoms with Gasteiger partial charge < -0.3 is 9.84 Å². The van der Waals surface area contributed by atoms with Crippen LogP contribution in [0.1, 0.15) is 6.92 Å². The highest BCUT2D eigenvalue weighted by atomic mass is 35.5. The number of hydrogen-bond acceptors (Lipinski definition) is 4. The fourth-order valence-corrected chi connectivity index (χ4v) is 2.25. The summed E-state index contributed by atoms with van der Waals surface area (Å²) >= 11 is 5.79. The third-order valence-electron chi connectivity index (χ3n) is 2.94. The highest BCUT2D eigenvalue weighted by molar-refractivity contribution is 6.30. The van der Waals surface area contributed by atoms with E-state index in [0.717, 1.165) is 19.6 Å². The van der Waals surface area contributed by atoms with E-state index in [1.165, 1.54) is 0 Å². The summed E-state index contributed by atoms with van der Waals surface area (Å²) in [5, 5.41) is 14.5. The number of nitrogens with zero attached hydrogens (tertiary/aromatic N) is 3. The predicted molar refractivity (Wildman–Crippen MR) is 65.1 cm³/mol. The summed E-state index contributed by atoms with van der Waals surface area (Å²) in [4.78, 5) is 2.18. The van der Waals surface area contributed by atoms with Crippen LogP contribution in [0.25, 0.3) is 0 Å². The second-order valence-corrected chi connectivity index (χ2v) is 4.68. The summed E-state index contributed by atoms with van der Waals surface area (Å²) in [5.74, 6) is 0. The first-order valence-electron chi connectivity index (χ1n) is 5.89. The first-order chi connectivity index (χ1) is 8.19. The van der Waals surface area contributed by atoms with Crippen molar-refractivity contribution in [3.05, 3.63) is 17.4 Å². The molecule has 2 heterocycles. The monoisotopic (exact) mass is 259 g/mol. The molecule has 0 aliphatic carbocycles. The number of rotatable bonds is 5. The van der Waals surface area contributed by atoms with Crippen LogP contribution in [0.2, 0.25) is 5.02 Å². The molecule has 0 aromatic carbocycles. The minimum atomic E-state index is -0.379. The Bertz CT molecular complexity index is 358. The van der Waals surface area contributed by atoms with Gasteiger partial charge in [-0.3, -0.25) is 9.58 Å². The summed E-state index contributed by atoms with van der Waals surface area (Å²) < 4.78 is 7.27. The molecule has 0 saturated carbocycles. The van der Waals surface area contributed by atoms with Crippen LogP contribution in [-0.2, 0) is 11.3 Å². The first-order valence-corrected chi connectivity index (χ1v) is 6.27. The number of aromatic nitrogens is 2. The molecule has 0 unspecified atom stereocenters. The lowest BCUT2D eigenvalue weighted by Crippen LogP contribution is -2.27. The fraction of sp³-hybridized carbons (Fsp3) is 0.727. The van der Waals surface area contributed by atoms with E-state index in [-0.39, 0.29) is 12.2 Å². The molecule has 2 atom stereocenters. The highest BCUT2D eigenvalue weighted by Crippen LogP contribution is 2.13. The largest absolute Gasteiger partial charge is 0.389 e. The average Bonchev–Trinajstić information content (AvgIpc) is 2.84. The Balaban J connectivity index is 1.77. The van der Waals surface area contributed by atoms with Gasteiger partial charge in [0, 0.05) is 32.4 Å². The molecular formula is C11H18ClN3O2. The summed E-state index contributed by atoms with van der Waals surface area (Å²) in [5.41, 5.74) is 0. The van der Waals surface area contributed by atoms with Crippen LogP contribution in [0.3, 0.4) is 0 Å². The summed E-state index contributed by atoms with van der Waals surface area (Å²) in [6.07, 6.45) is 3.00. The molecule has 1 aromatic rings. The number of β-amino-alcohol motifs (C(OH)–C–C–N with tert-alkyl or cyclic N) is 1. The molecule has 6 heteroatoms. The van der Waals surface area contributed by atoms with Crippen LogP contribution >= 0.6 is 11.6 Å². The lowest BCUT2D eigenvalue weighted by Gasteiger charge is -2.15. The van der Waals surface area contributed by atoms with E-state index in [1.807, 2.05) is 11.6 Å². The van der Waals surface area contributed by atoms with Gasteiger partial charge in [-0.15, -0.1) is 0 Å². The van der Waals surface area contributed by atoms with E-state index in [1.54, 1.807) is 12.4 Å². The Hall–Kier alpha value is -0.620. The average molecular weight is 260 g/mol. The second kappa shape index (κ2) is 5.82. The molecule has 1 saturated heterocycles. The standard InChI is InChI=1S/C11H18ClN3O2/c1-2-17-11-8-14(7-10(11)16)3-4-15-6-9(12)5-13-15/h5-6,10-11,16H,2-4,7-8H2,1H3/t10-,11-/m1/s1. The van der Waals surface area contributed by atoms with E-state index in [0.29, 0.717) is 18.2 Å². The van der Waals surface area contributed by atoms with Gasteiger partial charge in [-0.1, -0.05) is 11.6 Å². The quantitative estimate of drug-likeness (QED) is 0.842. The van der Waals surface area contributed by atoms with Gasteiger partial charge in [0.15, 0.2) is 0 Å². The molecule has 5 nitrogen and oxygen atoms in total. The van der Waals surface area contributed by atoms with Crippen molar-refractivity contribution in [1.29, 1.82) is 0 Å². The van der Waals surface area contributed by atoms with Gasteiger partial charge in [-0.2, -0.15) is 5.10 Å². The van der Waals surface area contributed by atoms with E-state index < -0.39 is 0 Å². The molecule has 0 spiro atoms. The Morgan fingerprint density at radius 3 is 3.00 bits per heavy atom. The number of halogens is 1. The predicted octanol–water partition coefficient (Wildman–Crippen LogP) is 0.618. The Kier molecular flexibility index (Phi) is 4.39. The molecule has 17 heavy (non-hydrogen) atoms. The van der Waals surface area contributed by atoms with Gasteiger partial charge in [0.1, 0.15) is 0 Å². The molecule has 0 radical (unpaired) electrons. The zero-order chi connectivity index (χ0) is 12.3. The lowest BCUT2D eigenvalue weighted by molar-refractivity contribution is -0.00243. The van der Waals surface area contributed by atoms with Crippen molar-refractivity contribution in [1.82, 2.24) is 14.7 Å². The van der Waals surface area contributed by atoms with Gasteiger partial charge in [-0.05, 0) is 6.92 Å². The smallest absolute Gasteiger partial charge is 0.0972 e. The third kappa shape index (κ3) is 3.42. The molecule has 1 aliphatic rings. The molecule has 1 aromatic heterocycles. The molecule has 1 fully saturated rings. The minimum absolute atomic E-state index is 0.0544. The van der Waals surface area contributed by atoms with Crippen LogP contribution in [-0.4, -0.2) is 58.2 Å². The number of aliphatic hydroxyl groups is 1. The van der Waals surface area contributed by atoms with Crippen molar-refractivity contribution >= 4 is 11.6 Å². The highest BCUT2D eigenvalue weighted by Gasteiger charge is 2.31. The van der Waals surface area contributed by atoms with Crippen molar-refractivity contribution < 1.29 is 9.84 Å². The van der Waals surface area contributed by atoms with Gasteiger partial charge in [0.25, 0.3) is 0 Å². The van der Waals surface area contributed by atoms with E-state index in [2.05, 4.69) is 10.00 Å². The fourth-order valence-electron chi connectivity index (χ4n) is 2.10. The summed E-state index contributed by atoms with van der Waals surface area (Å²) in [6, 6.07) is 0. The van der Waals surface area contributed by atoms with Gasteiger partial charge in [0.2, 0.25) is 0 Å². The number of likely N-dealkylation sites (tertiary alicyclic amines) is 1. The maximum Gasteiger partial charge on any atom is 0.0972 e. The van der Waals surface area contributed by atoms with Crippen molar-refractivity contribution in [3.63, 3.8) is 0 Å². The van der Waals surface area contributed by atoms with Crippen molar-refractivity contribution in [2.24, 2.45) is 0 Å². The molecule has 96 valence electrons. The van der Waals surface area contributed by atoms with Crippen LogP contribution in [0.15, 0.2) is 12.4 Å². The second-order valence-electron chi connectivity index (χ2n) is 4.24. The molecule has 1 aliphatic heterocycles.